The number of sulfonamides is 1. The molecule has 0 aliphatic heterocycles. The van der Waals surface area contributed by atoms with Crippen LogP contribution in [0.3, 0.4) is 0 Å². The number of amides is 1. The number of carbonyl (C=O) groups excluding carboxylic acids is 1. The highest BCUT2D eigenvalue weighted by Gasteiger charge is 2.29. The van der Waals surface area contributed by atoms with E-state index in [2.05, 4.69) is 10.0 Å². The van der Waals surface area contributed by atoms with Crippen molar-refractivity contribution in [3.63, 3.8) is 0 Å². The molecule has 2 atom stereocenters. The van der Waals surface area contributed by atoms with E-state index < -0.39 is 16.1 Å². The molecule has 1 amide bonds. The number of aryl methyl sites for hydroxylation is 1. The lowest BCUT2D eigenvalue weighted by molar-refractivity contribution is -0.123. The first-order valence-corrected chi connectivity index (χ1v) is 11.8. The van der Waals surface area contributed by atoms with Gasteiger partial charge in [-0.1, -0.05) is 44.0 Å². The highest BCUT2D eigenvalue weighted by Crippen LogP contribution is 2.27. The van der Waals surface area contributed by atoms with E-state index in [4.69, 9.17) is 9.47 Å². The fraction of sp³-hybridized carbons (Fsp3) is 0.435. The fourth-order valence-electron chi connectivity index (χ4n) is 3.09. The molecule has 2 rings (SSSR count). The van der Waals surface area contributed by atoms with Crippen molar-refractivity contribution in [1.82, 2.24) is 10.0 Å². The van der Waals surface area contributed by atoms with E-state index in [0.717, 1.165) is 11.1 Å². The molecule has 0 aliphatic carbocycles. The van der Waals surface area contributed by atoms with Crippen LogP contribution in [0, 0.1) is 12.8 Å². The minimum atomic E-state index is -3.81. The highest BCUT2D eigenvalue weighted by atomic mass is 32.2. The van der Waals surface area contributed by atoms with Gasteiger partial charge < -0.3 is 14.8 Å². The van der Waals surface area contributed by atoms with E-state index in [9.17, 15) is 13.2 Å². The molecule has 0 aliphatic rings. The Morgan fingerprint density at radius 3 is 2.26 bits per heavy atom. The molecule has 2 unspecified atom stereocenters. The lowest BCUT2D eigenvalue weighted by Gasteiger charge is -2.23. The summed E-state index contributed by atoms with van der Waals surface area (Å²) in [6.45, 7) is 6.04. The molecule has 2 aromatic carbocycles. The first-order chi connectivity index (χ1) is 14.7. The van der Waals surface area contributed by atoms with Gasteiger partial charge >= 0.3 is 0 Å². The largest absolute Gasteiger partial charge is 0.493 e. The summed E-state index contributed by atoms with van der Waals surface area (Å²) in [7, 11) is -0.668. The minimum Gasteiger partial charge on any atom is -0.493 e. The first-order valence-electron chi connectivity index (χ1n) is 10.3. The highest BCUT2D eigenvalue weighted by molar-refractivity contribution is 7.89. The summed E-state index contributed by atoms with van der Waals surface area (Å²) in [6, 6.07) is 11.3. The molecule has 2 aromatic rings. The number of ether oxygens (including phenoxy) is 2. The maximum atomic E-state index is 12.8. The van der Waals surface area contributed by atoms with E-state index in [1.54, 1.807) is 38.5 Å². The number of benzene rings is 2. The van der Waals surface area contributed by atoms with Crippen LogP contribution in [0.5, 0.6) is 11.5 Å². The van der Waals surface area contributed by atoms with Crippen LogP contribution in [0.4, 0.5) is 0 Å². The van der Waals surface area contributed by atoms with Gasteiger partial charge in [-0.2, -0.15) is 4.72 Å². The van der Waals surface area contributed by atoms with Crippen molar-refractivity contribution in [1.29, 1.82) is 0 Å². The zero-order chi connectivity index (χ0) is 23.0. The third kappa shape index (κ3) is 6.70. The van der Waals surface area contributed by atoms with Crippen molar-refractivity contribution in [3.05, 3.63) is 53.6 Å². The van der Waals surface area contributed by atoms with Gasteiger partial charge in [0.1, 0.15) is 6.04 Å². The Kier molecular flexibility index (Phi) is 8.88. The van der Waals surface area contributed by atoms with E-state index in [1.807, 2.05) is 39.0 Å². The van der Waals surface area contributed by atoms with Gasteiger partial charge in [-0.15, -0.1) is 0 Å². The Bertz CT molecular complexity index is 974. The summed E-state index contributed by atoms with van der Waals surface area (Å²) < 4.78 is 38.7. The Morgan fingerprint density at radius 1 is 1.03 bits per heavy atom. The normalized spacial score (nSPS) is 13.3. The predicted molar refractivity (Wildman–Crippen MR) is 121 cm³/mol. The molecule has 0 aromatic heterocycles. The average Bonchev–Trinajstić information content (AvgIpc) is 2.77. The first kappa shape index (κ1) is 24.7. The quantitative estimate of drug-likeness (QED) is 0.551. The van der Waals surface area contributed by atoms with E-state index in [0.29, 0.717) is 30.9 Å². The molecule has 31 heavy (non-hydrogen) atoms. The lowest BCUT2D eigenvalue weighted by Crippen LogP contribution is -2.50. The summed E-state index contributed by atoms with van der Waals surface area (Å²) in [4.78, 5) is 13.0. The van der Waals surface area contributed by atoms with Crippen LogP contribution in [0.25, 0.3) is 0 Å². The summed E-state index contributed by atoms with van der Waals surface area (Å²) in [5, 5.41) is 2.86. The summed E-state index contributed by atoms with van der Waals surface area (Å²) in [6.07, 6.45) is 1.23. The molecule has 0 fully saturated rings. The molecule has 0 spiro atoms. The Hall–Kier alpha value is -2.58. The fourth-order valence-corrected chi connectivity index (χ4v) is 4.40. The molecule has 0 saturated heterocycles. The topological polar surface area (TPSA) is 93.7 Å². The summed E-state index contributed by atoms with van der Waals surface area (Å²) >= 11 is 0. The molecule has 0 radical (unpaired) electrons. The van der Waals surface area contributed by atoms with Gasteiger partial charge in [-0.3, -0.25) is 4.79 Å². The third-order valence-corrected chi connectivity index (χ3v) is 6.73. The molecule has 0 heterocycles. The van der Waals surface area contributed by atoms with E-state index in [-0.39, 0.29) is 16.7 Å². The van der Waals surface area contributed by atoms with Gasteiger partial charge in [0.2, 0.25) is 15.9 Å². The molecule has 0 bridgehead atoms. The Morgan fingerprint density at radius 2 is 1.68 bits per heavy atom. The number of methoxy groups -OCH3 is 2. The number of hydrogen-bond acceptors (Lipinski definition) is 5. The molecule has 8 heteroatoms. The molecule has 7 nitrogen and oxygen atoms in total. The zero-order valence-electron chi connectivity index (χ0n) is 18.8. The molecule has 170 valence electrons. The van der Waals surface area contributed by atoms with Gasteiger partial charge in [0.05, 0.1) is 19.1 Å². The van der Waals surface area contributed by atoms with Crippen molar-refractivity contribution in [2.45, 2.75) is 44.6 Å². The van der Waals surface area contributed by atoms with Crippen LogP contribution in [-0.4, -0.2) is 41.1 Å². The number of rotatable bonds is 11. The van der Waals surface area contributed by atoms with Crippen molar-refractivity contribution >= 4 is 15.9 Å². The van der Waals surface area contributed by atoms with Gasteiger partial charge in [0.15, 0.2) is 11.5 Å². The number of carbonyl (C=O) groups is 1. The van der Waals surface area contributed by atoms with E-state index in [1.165, 1.54) is 0 Å². The predicted octanol–water partition coefficient (Wildman–Crippen LogP) is 3.06. The smallest absolute Gasteiger partial charge is 0.241 e. The molecular formula is C23H32N2O5S. The van der Waals surface area contributed by atoms with Crippen LogP contribution in [0.2, 0.25) is 0 Å². The monoisotopic (exact) mass is 448 g/mol. The molecule has 2 N–H and O–H groups in total. The van der Waals surface area contributed by atoms with Crippen molar-refractivity contribution in [2.75, 3.05) is 20.8 Å². The molecular weight excluding hydrogens is 416 g/mol. The average molecular weight is 449 g/mol. The van der Waals surface area contributed by atoms with E-state index >= 15 is 0 Å². The van der Waals surface area contributed by atoms with Crippen LogP contribution >= 0.6 is 0 Å². The zero-order valence-corrected chi connectivity index (χ0v) is 19.6. The Labute approximate surface area is 185 Å². The summed E-state index contributed by atoms with van der Waals surface area (Å²) in [5.41, 5.74) is 1.93. The number of hydrogen-bond donors (Lipinski definition) is 2. The summed E-state index contributed by atoms with van der Waals surface area (Å²) in [5.74, 6) is 0.749. The van der Waals surface area contributed by atoms with Gasteiger partial charge in [-0.25, -0.2) is 8.42 Å². The second-order valence-corrected chi connectivity index (χ2v) is 9.24. The maximum absolute atomic E-state index is 12.8. The second-order valence-electron chi connectivity index (χ2n) is 7.53. The minimum absolute atomic E-state index is 0.143. The standard InChI is InChI=1S/C23H32N2O5S/c1-6-17(3)22(25-31(27,28)19-10-7-16(2)8-11-19)23(26)24-14-13-18-9-12-20(29-4)21(15-18)30-5/h7-12,15,17,22,25H,6,13-14H2,1-5H3,(H,24,26). The lowest BCUT2D eigenvalue weighted by atomic mass is 9.99. The van der Waals surface area contributed by atoms with Gasteiger partial charge in [0.25, 0.3) is 0 Å². The molecule has 0 saturated carbocycles. The van der Waals surface area contributed by atoms with Crippen molar-refractivity contribution in [3.8, 4) is 11.5 Å². The van der Waals surface area contributed by atoms with Crippen LogP contribution in [0.1, 0.15) is 31.4 Å². The number of nitrogens with one attached hydrogen (secondary N) is 2. The third-order valence-electron chi connectivity index (χ3n) is 5.27. The SMILES string of the molecule is CCC(C)C(NS(=O)(=O)c1ccc(C)cc1)C(=O)NCCc1ccc(OC)c(OC)c1. The van der Waals surface area contributed by atoms with Crippen LogP contribution < -0.4 is 19.5 Å². The van der Waals surface area contributed by atoms with Crippen molar-refractivity contribution < 1.29 is 22.7 Å². The van der Waals surface area contributed by atoms with Gasteiger partial charge in [0, 0.05) is 6.54 Å². The van der Waals surface area contributed by atoms with Crippen molar-refractivity contribution in [2.24, 2.45) is 5.92 Å². The van der Waals surface area contributed by atoms with Crippen LogP contribution in [-0.2, 0) is 21.2 Å². The van der Waals surface area contributed by atoms with Gasteiger partial charge in [-0.05, 0) is 49.1 Å². The maximum Gasteiger partial charge on any atom is 0.241 e. The second kappa shape index (κ2) is 11.2. The Balaban J connectivity index is 2.05. The van der Waals surface area contributed by atoms with Crippen LogP contribution in [0.15, 0.2) is 47.4 Å².